The Morgan fingerprint density at radius 2 is 1.90 bits per heavy atom. The van der Waals surface area contributed by atoms with E-state index in [0.717, 1.165) is 5.56 Å². The van der Waals surface area contributed by atoms with E-state index in [9.17, 15) is 9.59 Å². The highest BCUT2D eigenvalue weighted by atomic mass is 32.1. The predicted molar refractivity (Wildman–Crippen MR) is 79.7 cm³/mol. The van der Waals surface area contributed by atoms with Crippen molar-refractivity contribution in [2.75, 3.05) is 6.54 Å². The predicted octanol–water partition coefficient (Wildman–Crippen LogP) is 2.36. The molecule has 0 aliphatic rings. The Morgan fingerprint density at radius 1 is 1.15 bits per heavy atom. The summed E-state index contributed by atoms with van der Waals surface area (Å²) in [7, 11) is 0. The number of hydrogen-bond donors (Lipinski definition) is 2. The highest BCUT2D eigenvalue weighted by Crippen LogP contribution is 2.10. The van der Waals surface area contributed by atoms with Gasteiger partial charge in [0.2, 0.25) is 5.91 Å². The molecular formula is C15H16N2O2S. The third kappa shape index (κ3) is 3.93. The van der Waals surface area contributed by atoms with Crippen LogP contribution >= 0.6 is 11.3 Å². The third-order valence-electron chi connectivity index (χ3n) is 2.83. The van der Waals surface area contributed by atoms with Crippen molar-refractivity contribution in [1.82, 2.24) is 10.6 Å². The maximum Gasteiger partial charge on any atom is 0.261 e. The Kier molecular flexibility index (Phi) is 4.90. The molecule has 4 nitrogen and oxygen atoms in total. The number of benzene rings is 1. The van der Waals surface area contributed by atoms with Gasteiger partial charge in [0.25, 0.3) is 5.91 Å². The van der Waals surface area contributed by atoms with Crippen molar-refractivity contribution in [2.45, 2.75) is 13.0 Å². The van der Waals surface area contributed by atoms with Gasteiger partial charge in [-0.3, -0.25) is 9.59 Å². The summed E-state index contributed by atoms with van der Waals surface area (Å²) in [5.74, 6) is -0.422. The minimum atomic E-state index is -0.220. The SMILES string of the molecule is CC(NC(=O)CNC(=O)c1cccs1)c1ccccc1. The highest BCUT2D eigenvalue weighted by Gasteiger charge is 2.11. The molecule has 0 saturated heterocycles. The molecule has 1 aromatic heterocycles. The Bertz CT molecular complexity index is 567. The Hall–Kier alpha value is -2.14. The molecule has 0 fully saturated rings. The lowest BCUT2D eigenvalue weighted by Gasteiger charge is -2.14. The van der Waals surface area contributed by atoms with Gasteiger partial charge in [-0.05, 0) is 23.9 Å². The molecule has 1 unspecified atom stereocenters. The smallest absolute Gasteiger partial charge is 0.261 e. The van der Waals surface area contributed by atoms with E-state index in [1.165, 1.54) is 11.3 Å². The zero-order valence-electron chi connectivity index (χ0n) is 11.1. The van der Waals surface area contributed by atoms with E-state index in [1.54, 1.807) is 12.1 Å². The van der Waals surface area contributed by atoms with Crippen LogP contribution in [0.1, 0.15) is 28.2 Å². The third-order valence-corrected chi connectivity index (χ3v) is 3.70. The first-order valence-electron chi connectivity index (χ1n) is 6.33. The second-order valence-corrected chi connectivity index (χ2v) is 5.31. The fourth-order valence-corrected chi connectivity index (χ4v) is 2.41. The number of carbonyl (C=O) groups is 2. The number of thiophene rings is 1. The molecule has 5 heteroatoms. The van der Waals surface area contributed by atoms with E-state index in [-0.39, 0.29) is 24.4 Å². The lowest BCUT2D eigenvalue weighted by molar-refractivity contribution is -0.120. The lowest BCUT2D eigenvalue weighted by atomic mass is 10.1. The van der Waals surface area contributed by atoms with Gasteiger partial charge in [-0.15, -0.1) is 11.3 Å². The van der Waals surface area contributed by atoms with Gasteiger partial charge in [0.15, 0.2) is 0 Å². The Morgan fingerprint density at radius 3 is 2.55 bits per heavy atom. The van der Waals surface area contributed by atoms with Crippen molar-refractivity contribution in [3.05, 3.63) is 58.3 Å². The van der Waals surface area contributed by atoms with Crippen LogP contribution in [0.5, 0.6) is 0 Å². The number of amides is 2. The second kappa shape index (κ2) is 6.86. The van der Waals surface area contributed by atoms with Crippen molar-refractivity contribution in [1.29, 1.82) is 0 Å². The molecule has 1 atom stereocenters. The molecule has 0 saturated carbocycles. The van der Waals surface area contributed by atoms with Crippen LogP contribution in [0.4, 0.5) is 0 Å². The summed E-state index contributed by atoms with van der Waals surface area (Å²) in [6.07, 6.45) is 0. The van der Waals surface area contributed by atoms with Crippen LogP contribution in [-0.2, 0) is 4.79 Å². The quantitative estimate of drug-likeness (QED) is 0.887. The largest absolute Gasteiger partial charge is 0.348 e. The molecule has 2 amide bonds. The molecule has 0 spiro atoms. The van der Waals surface area contributed by atoms with Crippen LogP contribution in [0.25, 0.3) is 0 Å². The van der Waals surface area contributed by atoms with Crippen molar-refractivity contribution in [2.24, 2.45) is 0 Å². The molecular weight excluding hydrogens is 272 g/mol. The summed E-state index contributed by atoms with van der Waals surface area (Å²) in [5, 5.41) is 7.27. The zero-order valence-corrected chi connectivity index (χ0v) is 11.9. The van der Waals surface area contributed by atoms with Gasteiger partial charge in [-0.2, -0.15) is 0 Å². The summed E-state index contributed by atoms with van der Waals surface area (Å²) >= 11 is 1.35. The standard InChI is InChI=1S/C15H16N2O2S/c1-11(12-6-3-2-4-7-12)17-14(18)10-16-15(19)13-8-5-9-20-13/h2-9,11H,10H2,1H3,(H,16,19)(H,17,18). The summed E-state index contributed by atoms with van der Waals surface area (Å²) in [6.45, 7) is 1.89. The monoisotopic (exact) mass is 288 g/mol. The molecule has 0 aliphatic carbocycles. The van der Waals surface area contributed by atoms with Crippen LogP contribution in [0.2, 0.25) is 0 Å². The molecule has 0 aliphatic heterocycles. The summed E-state index contributed by atoms with van der Waals surface area (Å²) in [4.78, 5) is 24.1. The van der Waals surface area contributed by atoms with Gasteiger partial charge in [0.05, 0.1) is 17.5 Å². The highest BCUT2D eigenvalue weighted by molar-refractivity contribution is 7.12. The number of carbonyl (C=O) groups excluding carboxylic acids is 2. The molecule has 2 rings (SSSR count). The van der Waals surface area contributed by atoms with Crippen molar-refractivity contribution >= 4 is 23.2 Å². The van der Waals surface area contributed by atoms with E-state index in [4.69, 9.17) is 0 Å². The Balaban J connectivity index is 1.80. The van der Waals surface area contributed by atoms with Crippen molar-refractivity contribution in [3.8, 4) is 0 Å². The minimum absolute atomic E-state index is 0.0199. The van der Waals surface area contributed by atoms with Gasteiger partial charge >= 0.3 is 0 Å². The number of nitrogens with one attached hydrogen (secondary N) is 2. The first-order chi connectivity index (χ1) is 9.66. The first-order valence-corrected chi connectivity index (χ1v) is 7.21. The zero-order chi connectivity index (χ0) is 14.4. The number of rotatable bonds is 5. The molecule has 1 aromatic carbocycles. The normalized spacial score (nSPS) is 11.7. The maximum atomic E-state index is 11.8. The van der Waals surface area contributed by atoms with Gasteiger partial charge in [-0.1, -0.05) is 36.4 Å². The average Bonchev–Trinajstić information content (AvgIpc) is 3.00. The van der Waals surface area contributed by atoms with Crippen LogP contribution < -0.4 is 10.6 Å². The molecule has 1 heterocycles. The maximum absolute atomic E-state index is 11.8. The van der Waals surface area contributed by atoms with Crippen molar-refractivity contribution < 1.29 is 9.59 Å². The molecule has 104 valence electrons. The van der Waals surface area contributed by atoms with Crippen LogP contribution in [0, 0.1) is 0 Å². The second-order valence-electron chi connectivity index (χ2n) is 4.36. The van der Waals surface area contributed by atoms with Gasteiger partial charge in [0, 0.05) is 0 Å². The van der Waals surface area contributed by atoms with Gasteiger partial charge in [-0.25, -0.2) is 0 Å². The van der Waals surface area contributed by atoms with E-state index >= 15 is 0 Å². The summed E-state index contributed by atoms with van der Waals surface area (Å²) in [5.41, 5.74) is 1.03. The van der Waals surface area contributed by atoms with Crippen LogP contribution in [0.3, 0.4) is 0 Å². The van der Waals surface area contributed by atoms with Crippen LogP contribution in [-0.4, -0.2) is 18.4 Å². The summed E-state index contributed by atoms with van der Waals surface area (Å²) < 4.78 is 0. The molecule has 0 bridgehead atoms. The van der Waals surface area contributed by atoms with E-state index in [0.29, 0.717) is 4.88 Å². The van der Waals surface area contributed by atoms with E-state index in [1.807, 2.05) is 42.6 Å². The molecule has 20 heavy (non-hydrogen) atoms. The first kappa shape index (κ1) is 14.3. The molecule has 2 N–H and O–H groups in total. The van der Waals surface area contributed by atoms with E-state index < -0.39 is 0 Å². The van der Waals surface area contributed by atoms with E-state index in [2.05, 4.69) is 10.6 Å². The molecule has 0 radical (unpaired) electrons. The average molecular weight is 288 g/mol. The molecule has 2 aromatic rings. The lowest BCUT2D eigenvalue weighted by Crippen LogP contribution is -2.37. The minimum Gasteiger partial charge on any atom is -0.348 e. The topological polar surface area (TPSA) is 58.2 Å². The fourth-order valence-electron chi connectivity index (χ4n) is 1.77. The number of hydrogen-bond acceptors (Lipinski definition) is 3. The fraction of sp³-hybridized carbons (Fsp3) is 0.200. The van der Waals surface area contributed by atoms with Crippen molar-refractivity contribution in [3.63, 3.8) is 0 Å². The van der Waals surface area contributed by atoms with Gasteiger partial charge < -0.3 is 10.6 Å². The van der Waals surface area contributed by atoms with Crippen LogP contribution in [0.15, 0.2) is 47.8 Å². The summed E-state index contributed by atoms with van der Waals surface area (Å²) in [6, 6.07) is 13.1. The van der Waals surface area contributed by atoms with Gasteiger partial charge in [0.1, 0.15) is 0 Å². The Labute approximate surface area is 121 Å².